The molecule has 2 amide bonds. The van der Waals surface area contributed by atoms with Crippen LogP contribution in [0.25, 0.3) is 0 Å². The highest BCUT2D eigenvalue weighted by molar-refractivity contribution is 5.87. The number of hydrogen-bond donors (Lipinski definition) is 2. The van der Waals surface area contributed by atoms with Crippen molar-refractivity contribution in [1.82, 2.24) is 15.5 Å². The van der Waals surface area contributed by atoms with Crippen molar-refractivity contribution in [3.63, 3.8) is 0 Å². The number of nitrogens with zero attached hydrogens (tertiary/aromatic N) is 2. The fourth-order valence-corrected chi connectivity index (χ4v) is 1.51. The average molecular weight is 264 g/mol. The van der Waals surface area contributed by atoms with Crippen LogP contribution in [0.5, 0.6) is 0 Å². The van der Waals surface area contributed by atoms with E-state index in [1.807, 2.05) is 0 Å². The number of carbonyl (C=O) groups is 1. The lowest BCUT2D eigenvalue weighted by atomic mass is 10.1. The van der Waals surface area contributed by atoms with Crippen LogP contribution in [0.1, 0.15) is 24.4 Å². The number of amides is 2. The Hall–Kier alpha value is -2.44. The zero-order valence-corrected chi connectivity index (χ0v) is 10.5. The van der Waals surface area contributed by atoms with Gasteiger partial charge >= 0.3 is 12.0 Å². The third-order valence-corrected chi connectivity index (χ3v) is 2.47. The molecule has 1 aromatic carbocycles. The van der Waals surface area contributed by atoms with E-state index in [1.165, 1.54) is 12.1 Å². The molecule has 100 valence electrons. The number of anilines is 1. The van der Waals surface area contributed by atoms with Gasteiger partial charge in [0.1, 0.15) is 5.82 Å². The summed E-state index contributed by atoms with van der Waals surface area (Å²) < 4.78 is 17.5. The first kappa shape index (κ1) is 13.0. The molecule has 1 atom stereocenters. The number of hydrogen-bond acceptors (Lipinski definition) is 4. The lowest BCUT2D eigenvalue weighted by Gasteiger charge is -2.13. The molecule has 0 bridgehead atoms. The topological polar surface area (TPSA) is 80.0 Å². The van der Waals surface area contributed by atoms with Crippen molar-refractivity contribution in [2.75, 3.05) is 5.32 Å². The Morgan fingerprint density at radius 3 is 2.63 bits per heavy atom. The first-order valence-electron chi connectivity index (χ1n) is 5.68. The molecule has 0 aliphatic heterocycles. The second-order valence-corrected chi connectivity index (χ2v) is 4.02. The Morgan fingerprint density at radius 2 is 2.05 bits per heavy atom. The summed E-state index contributed by atoms with van der Waals surface area (Å²) in [6.45, 7) is 3.43. The summed E-state index contributed by atoms with van der Waals surface area (Å²) >= 11 is 0. The lowest BCUT2D eigenvalue weighted by molar-refractivity contribution is 0.248. The van der Waals surface area contributed by atoms with Gasteiger partial charge in [-0.3, -0.25) is 5.32 Å². The van der Waals surface area contributed by atoms with E-state index in [0.717, 1.165) is 5.56 Å². The van der Waals surface area contributed by atoms with Gasteiger partial charge in [-0.05, 0) is 31.5 Å². The Kier molecular flexibility index (Phi) is 3.74. The number of halogens is 1. The van der Waals surface area contributed by atoms with E-state index in [0.29, 0.717) is 5.82 Å². The molecule has 0 unspecified atom stereocenters. The largest absolute Gasteiger partial charge is 0.331 e. The molecule has 1 heterocycles. The molecule has 0 saturated heterocycles. The number of urea groups is 1. The maximum absolute atomic E-state index is 12.8. The molecule has 0 saturated carbocycles. The van der Waals surface area contributed by atoms with Crippen molar-refractivity contribution in [2.24, 2.45) is 0 Å². The molecule has 2 N–H and O–H groups in total. The van der Waals surface area contributed by atoms with E-state index in [9.17, 15) is 9.18 Å². The summed E-state index contributed by atoms with van der Waals surface area (Å²) in [5.41, 5.74) is 0.790. The molecule has 2 rings (SSSR count). The van der Waals surface area contributed by atoms with Crippen LogP contribution in [-0.2, 0) is 0 Å². The van der Waals surface area contributed by atoms with Gasteiger partial charge in [-0.15, -0.1) is 0 Å². The van der Waals surface area contributed by atoms with Crippen LogP contribution in [0, 0.1) is 12.7 Å². The maximum Gasteiger partial charge on any atom is 0.329 e. The average Bonchev–Trinajstić information content (AvgIpc) is 2.75. The zero-order chi connectivity index (χ0) is 13.8. The van der Waals surface area contributed by atoms with Gasteiger partial charge in [0.2, 0.25) is 0 Å². The molecule has 6 nitrogen and oxygen atoms in total. The SMILES string of the molecule is Cc1noc(NC(=O)N[C@H](C)c2ccc(F)cc2)n1. The smallest absolute Gasteiger partial charge is 0.329 e. The molecule has 7 heteroatoms. The first-order valence-corrected chi connectivity index (χ1v) is 5.68. The number of nitrogens with one attached hydrogen (secondary N) is 2. The first-order chi connectivity index (χ1) is 9.04. The van der Waals surface area contributed by atoms with Crippen molar-refractivity contribution in [3.8, 4) is 0 Å². The monoisotopic (exact) mass is 264 g/mol. The van der Waals surface area contributed by atoms with E-state index in [4.69, 9.17) is 4.52 Å². The minimum Gasteiger partial charge on any atom is -0.331 e. The number of carbonyl (C=O) groups excluding carboxylic acids is 1. The molecule has 19 heavy (non-hydrogen) atoms. The predicted molar refractivity (Wildman–Crippen MR) is 66.0 cm³/mol. The van der Waals surface area contributed by atoms with E-state index >= 15 is 0 Å². The number of rotatable bonds is 3. The second kappa shape index (κ2) is 5.47. The quantitative estimate of drug-likeness (QED) is 0.892. The van der Waals surface area contributed by atoms with E-state index in [2.05, 4.69) is 20.8 Å². The van der Waals surface area contributed by atoms with Crippen LogP contribution in [0.4, 0.5) is 15.2 Å². The summed E-state index contributed by atoms with van der Waals surface area (Å²) in [4.78, 5) is 15.5. The van der Waals surface area contributed by atoms with Gasteiger partial charge in [0.25, 0.3) is 0 Å². The van der Waals surface area contributed by atoms with Crippen molar-refractivity contribution in [3.05, 3.63) is 41.5 Å². The van der Waals surface area contributed by atoms with Gasteiger partial charge in [-0.1, -0.05) is 17.3 Å². The number of aryl methyl sites for hydroxylation is 1. The van der Waals surface area contributed by atoms with Crippen LogP contribution in [0.15, 0.2) is 28.8 Å². The molecule has 0 aliphatic rings. The Balaban J connectivity index is 1.93. The van der Waals surface area contributed by atoms with Crippen LogP contribution in [-0.4, -0.2) is 16.2 Å². The fourth-order valence-electron chi connectivity index (χ4n) is 1.51. The van der Waals surface area contributed by atoms with Crippen LogP contribution in [0.2, 0.25) is 0 Å². The Morgan fingerprint density at radius 1 is 1.37 bits per heavy atom. The molecule has 0 spiro atoms. The van der Waals surface area contributed by atoms with Gasteiger partial charge in [-0.25, -0.2) is 9.18 Å². The summed E-state index contributed by atoms with van der Waals surface area (Å²) in [5, 5.41) is 8.63. The number of benzene rings is 1. The van der Waals surface area contributed by atoms with Crippen molar-refractivity contribution < 1.29 is 13.7 Å². The summed E-state index contributed by atoms with van der Waals surface area (Å²) in [7, 11) is 0. The second-order valence-electron chi connectivity index (χ2n) is 4.02. The minimum atomic E-state index is -0.472. The van der Waals surface area contributed by atoms with E-state index in [1.54, 1.807) is 26.0 Å². The maximum atomic E-state index is 12.8. The third-order valence-electron chi connectivity index (χ3n) is 2.47. The zero-order valence-electron chi connectivity index (χ0n) is 10.5. The molecule has 0 aliphatic carbocycles. The molecule has 0 fully saturated rings. The highest BCUT2D eigenvalue weighted by Crippen LogP contribution is 2.13. The summed E-state index contributed by atoms with van der Waals surface area (Å²) in [5.74, 6) is 0.114. The van der Waals surface area contributed by atoms with Crippen LogP contribution in [0.3, 0.4) is 0 Å². The van der Waals surface area contributed by atoms with E-state index < -0.39 is 6.03 Å². The van der Waals surface area contributed by atoms with Gasteiger partial charge in [-0.2, -0.15) is 4.98 Å². The molecule has 0 radical (unpaired) electrons. The molecule has 1 aromatic heterocycles. The Labute approximate surface area is 109 Å². The highest BCUT2D eigenvalue weighted by atomic mass is 19.1. The van der Waals surface area contributed by atoms with Gasteiger partial charge in [0, 0.05) is 0 Å². The molecular weight excluding hydrogens is 251 g/mol. The summed E-state index contributed by atoms with van der Waals surface area (Å²) in [6.07, 6.45) is 0. The van der Waals surface area contributed by atoms with Crippen molar-refractivity contribution in [1.29, 1.82) is 0 Å². The summed E-state index contributed by atoms with van der Waals surface area (Å²) in [6, 6.07) is 5.18. The van der Waals surface area contributed by atoms with Crippen molar-refractivity contribution in [2.45, 2.75) is 19.9 Å². The third kappa shape index (κ3) is 3.51. The van der Waals surface area contributed by atoms with Gasteiger partial charge in [0.05, 0.1) is 6.04 Å². The Bertz CT molecular complexity index is 567. The minimum absolute atomic E-state index is 0.0290. The normalized spacial score (nSPS) is 11.9. The van der Waals surface area contributed by atoms with Crippen molar-refractivity contribution >= 4 is 12.0 Å². The number of aromatic nitrogens is 2. The van der Waals surface area contributed by atoms with Gasteiger partial charge < -0.3 is 9.84 Å². The molecular formula is C12H13FN4O2. The highest BCUT2D eigenvalue weighted by Gasteiger charge is 2.12. The lowest BCUT2D eigenvalue weighted by Crippen LogP contribution is -2.31. The van der Waals surface area contributed by atoms with Crippen LogP contribution < -0.4 is 10.6 Å². The van der Waals surface area contributed by atoms with Crippen LogP contribution >= 0.6 is 0 Å². The van der Waals surface area contributed by atoms with Gasteiger partial charge in [0.15, 0.2) is 5.82 Å². The molecule has 2 aromatic rings. The fraction of sp³-hybridized carbons (Fsp3) is 0.250. The van der Waals surface area contributed by atoms with E-state index in [-0.39, 0.29) is 17.9 Å². The predicted octanol–water partition coefficient (Wildman–Crippen LogP) is 2.40. The standard InChI is InChI=1S/C12H13FN4O2/c1-7(9-3-5-10(13)6-4-9)14-11(18)16-12-15-8(2)17-19-12/h3-7H,1-2H3,(H2,14,15,16,17,18)/t7-/m1/s1.